The Balaban J connectivity index is 1.33. The van der Waals surface area contributed by atoms with Crippen molar-refractivity contribution < 1.29 is 9.53 Å². The molecule has 1 aliphatic rings. The number of H-pyrrole nitrogens is 1. The van der Waals surface area contributed by atoms with Gasteiger partial charge in [0.1, 0.15) is 5.75 Å². The highest BCUT2D eigenvalue weighted by Gasteiger charge is 2.23. The second-order valence-corrected chi connectivity index (χ2v) is 7.55. The van der Waals surface area contributed by atoms with E-state index in [1.165, 1.54) is 0 Å². The summed E-state index contributed by atoms with van der Waals surface area (Å²) in [6.45, 7) is 1.69. The third-order valence-corrected chi connectivity index (χ3v) is 5.48. The molecule has 29 heavy (non-hydrogen) atoms. The molecule has 1 aliphatic heterocycles. The predicted molar refractivity (Wildman–Crippen MR) is 115 cm³/mol. The molecular weight excluding hydrogens is 388 g/mol. The van der Waals surface area contributed by atoms with Crippen molar-refractivity contribution in [1.82, 2.24) is 15.5 Å². The SMILES string of the molecule is COc1ccc(-c2cc(N3CCC(NC(=O)c4ccc(Cl)cc4)CC3)n[nH]2)cc1. The van der Waals surface area contributed by atoms with Crippen LogP contribution in [0.15, 0.2) is 54.6 Å². The zero-order valence-electron chi connectivity index (χ0n) is 16.2. The van der Waals surface area contributed by atoms with Crippen molar-refractivity contribution >= 4 is 23.3 Å². The Bertz CT molecular complexity index is 961. The lowest BCUT2D eigenvalue weighted by Gasteiger charge is -2.32. The zero-order valence-corrected chi connectivity index (χ0v) is 16.9. The van der Waals surface area contributed by atoms with E-state index < -0.39 is 0 Å². The molecule has 0 atom stereocenters. The van der Waals surface area contributed by atoms with Crippen LogP contribution in [0, 0.1) is 0 Å². The molecule has 0 saturated carbocycles. The van der Waals surface area contributed by atoms with E-state index >= 15 is 0 Å². The fourth-order valence-corrected chi connectivity index (χ4v) is 3.64. The maximum absolute atomic E-state index is 12.4. The molecule has 0 radical (unpaired) electrons. The van der Waals surface area contributed by atoms with Crippen molar-refractivity contribution in [3.63, 3.8) is 0 Å². The van der Waals surface area contributed by atoms with Gasteiger partial charge >= 0.3 is 0 Å². The maximum Gasteiger partial charge on any atom is 0.251 e. The van der Waals surface area contributed by atoms with Crippen LogP contribution in [0.25, 0.3) is 11.3 Å². The van der Waals surface area contributed by atoms with E-state index in [0.29, 0.717) is 10.6 Å². The first kappa shape index (κ1) is 19.3. The summed E-state index contributed by atoms with van der Waals surface area (Å²) in [7, 11) is 1.66. The minimum absolute atomic E-state index is 0.0540. The van der Waals surface area contributed by atoms with Crippen molar-refractivity contribution in [3.05, 3.63) is 65.2 Å². The predicted octanol–water partition coefficient (Wildman–Crippen LogP) is 4.14. The monoisotopic (exact) mass is 410 g/mol. The third kappa shape index (κ3) is 4.54. The number of ether oxygens (including phenoxy) is 1. The van der Waals surface area contributed by atoms with Gasteiger partial charge in [-0.3, -0.25) is 9.89 Å². The number of anilines is 1. The molecule has 1 saturated heterocycles. The Kier molecular flexibility index (Phi) is 5.71. The van der Waals surface area contributed by atoms with Gasteiger partial charge in [0, 0.05) is 35.8 Å². The van der Waals surface area contributed by atoms with Gasteiger partial charge < -0.3 is 15.0 Å². The number of aromatic amines is 1. The quantitative estimate of drug-likeness (QED) is 0.663. The standard InChI is InChI=1S/C22H23ClN4O2/c1-29-19-8-4-15(5-9-19)20-14-21(26-25-20)27-12-10-18(11-13-27)24-22(28)16-2-6-17(23)7-3-16/h2-9,14,18H,10-13H2,1H3,(H,24,28)(H,25,26). The lowest BCUT2D eigenvalue weighted by atomic mass is 10.0. The molecule has 2 heterocycles. The Morgan fingerprint density at radius 1 is 1.14 bits per heavy atom. The smallest absolute Gasteiger partial charge is 0.251 e. The number of rotatable bonds is 5. The molecule has 2 aromatic carbocycles. The van der Waals surface area contributed by atoms with Gasteiger partial charge in [-0.2, -0.15) is 5.10 Å². The zero-order chi connectivity index (χ0) is 20.2. The summed E-state index contributed by atoms with van der Waals surface area (Å²) in [6, 6.07) is 17.1. The molecule has 0 bridgehead atoms. The van der Waals surface area contributed by atoms with E-state index in [-0.39, 0.29) is 11.9 Å². The molecule has 150 valence electrons. The van der Waals surface area contributed by atoms with Crippen LogP contribution in [0.1, 0.15) is 23.2 Å². The average molecular weight is 411 g/mol. The molecule has 3 aromatic rings. The van der Waals surface area contributed by atoms with Crippen LogP contribution >= 0.6 is 11.6 Å². The number of aromatic nitrogens is 2. The minimum Gasteiger partial charge on any atom is -0.497 e. The number of hydrogen-bond donors (Lipinski definition) is 2. The van der Waals surface area contributed by atoms with Crippen LogP contribution in [0.3, 0.4) is 0 Å². The first-order chi connectivity index (χ1) is 14.1. The van der Waals surface area contributed by atoms with Crippen molar-refractivity contribution in [2.24, 2.45) is 0 Å². The number of amides is 1. The number of nitrogens with zero attached hydrogens (tertiary/aromatic N) is 2. The van der Waals surface area contributed by atoms with E-state index in [1.807, 2.05) is 24.3 Å². The fourth-order valence-electron chi connectivity index (χ4n) is 3.51. The van der Waals surface area contributed by atoms with Gasteiger partial charge in [0.25, 0.3) is 5.91 Å². The number of benzene rings is 2. The first-order valence-corrected chi connectivity index (χ1v) is 10.0. The van der Waals surface area contributed by atoms with Crippen molar-refractivity contribution in [3.8, 4) is 17.0 Å². The second kappa shape index (κ2) is 8.57. The van der Waals surface area contributed by atoms with Crippen LogP contribution < -0.4 is 15.0 Å². The van der Waals surface area contributed by atoms with E-state index in [9.17, 15) is 4.79 Å². The summed E-state index contributed by atoms with van der Waals surface area (Å²) in [5, 5.41) is 11.3. The van der Waals surface area contributed by atoms with Crippen molar-refractivity contribution in [2.45, 2.75) is 18.9 Å². The second-order valence-electron chi connectivity index (χ2n) is 7.11. The van der Waals surface area contributed by atoms with Gasteiger partial charge in [-0.05, 0) is 66.9 Å². The van der Waals surface area contributed by atoms with E-state index in [0.717, 1.165) is 48.8 Å². The van der Waals surface area contributed by atoms with Crippen LogP contribution in [0.4, 0.5) is 5.82 Å². The summed E-state index contributed by atoms with van der Waals surface area (Å²) in [6.07, 6.45) is 1.76. The fraction of sp³-hybridized carbons (Fsp3) is 0.273. The van der Waals surface area contributed by atoms with Crippen molar-refractivity contribution in [2.75, 3.05) is 25.1 Å². The number of carbonyl (C=O) groups is 1. The minimum atomic E-state index is -0.0540. The largest absolute Gasteiger partial charge is 0.497 e. The molecule has 0 aliphatic carbocycles. The van der Waals surface area contributed by atoms with Crippen LogP contribution in [0.2, 0.25) is 5.02 Å². The number of hydrogen-bond acceptors (Lipinski definition) is 4. The molecule has 1 aromatic heterocycles. The molecule has 1 fully saturated rings. The van der Waals surface area contributed by atoms with Gasteiger partial charge in [0.2, 0.25) is 0 Å². The molecule has 0 unspecified atom stereocenters. The molecule has 6 nitrogen and oxygen atoms in total. The van der Waals surface area contributed by atoms with Crippen LogP contribution in [-0.4, -0.2) is 42.3 Å². The average Bonchev–Trinajstić information content (AvgIpc) is 3.25. The molecule has 4 rings (SSSR count). The highest BCUT2D eigenvalue weighted by atomic mass is 35.5. The Morgan fingerprint density at radius 3 is 2.48 bits per heavy atom. The van der Waals surface area contributed by atoms with E-state index in [1.54, 1.807) is 31.4 Å². The third-order valence-electron chi connectivity index (χ3n) is 5.23. The van der Waals surface area contributed by atoms with Gasteiger partial charge in [0.15, 0.2) is 5.82 Å². The van der Waals surface area contributed by atoms with Crippen LogP contribution in [0.5, 0.6) is 5.75 Å². The molecule has 2 N–H and O–H groups in total. The Hall–Kier alpha value is -2.99. The molecule has 7 heteroatoms. The number of methoxy groups -OCH3 is 1. The number of carbonyl (C=O) groups excluding carboxylic acids is 1. The Morgan fingerprint density at radius 2 is 1.83 bits per heavy atom. The van der Waals surface area contributed by atoms with E-state index in [4.69, 9.17) is 16.3 Å². The highest BCUT2D eigenvalue weighted by molar-refractivity contribution is 6.30. The lowest BCUT2D eigenvalue weighted by Crippen LogP contribution is -2.44. The van der Waals surface area contributed by atoms with E-state index in [2.05, 4.69) is 26.5 Å². The summed E-state index contributed by atoms with van der Waals surface area (Å²) < 4.78 is 5.21. The van der Waals surface area contributed by atoms with Gasteiger partial charge in [0.05, 0.1) is 12.8 Å². The van der Waals surface area contributed by atoms with Crippen molar-refractivity contribution in [1.29, 1.82) is 0 Å². The topological polar surface area (TPSA) is 70.2 Å². The molecule has 0 spiro atoms. The normalized spacial score (nSPS) is 14.6. The number of piperidine rings is 1. The summed E-state index contributed by atoms with van der Waals surface area (Å²) in [5.41, 5.74) is 2.67. The van der Waals surface area contributed by atoms with Gasteiger partial charge in [-0.25, -0.2) is 0 Å². The summed E-state index contributed by atoms with van der Waals surface area (Å²) >= 11 is 5.89. The Labute approximate surface area is 174 Å². The highest BCUT2D eigenvalue weighted by Crippen LogP contribution is 2.25. The first-order valence-electron chi connectivity index (χ1n) is 9.63. The molecule has 1 amide bonds. The summed E-state index contributed by atoms with van der Waals surface area (Å²) in [5.74, 6) is 1.70. The number of halogens is 1. The lowest BCUT2D eigenvalue weighted by molar-refractivity contribution is 0.0931. The maximum atomic E-state index is 12.4. The van der Waals surface area contributed by atoms with Crippen LogP contribution in [-0.2, 0) is 0 Å². The van der Waals surface area contributed by atoms with Gasteiger partial charge in [-0.15, -0.1) is 0 Å². The van der Waals surface area contributed by atoms with Gasteiger partial charge in [-0.1, -0.05) is 11.6 Å². The molecular formula is C22H23ClN4O2. The summed E-state index contributed by atoms with van der Waals surface area (Å²) in [4.78, 5) is 14.6. The number of nitrogens with one attached hydrogen (secondary N) is 2.